The van der Waals surface area contributed by atoms with E-state index in [0.29, 0.717) is 5.41 Å². The third-order valence-corrected chi connectivity index (χ3v) is 4.29. The quantitative estimate of drug-likeness (QED) is 0.887. The molecule has 0 fully saturated rings. The molecule has 3 nitrogen and oxygen atoms in total. The molecule has 1 aromatic rings. The second kappa shape index (κ2) is 5.22. The van der Waals surface area contributed by atoms with E-state index in [4.69, 9.17) is 0 Å². The van der Waals surface area contributed by atoms with Crippen LogP contribution in [0.2, 0.25) is 0 Å². The van der Waals surface area contributed by atoms with E-state index < -0.39 is 0 Å². The Bertz CT molecular complexity index is 452. The molecule has 2 rings (SSSR count). The monoisotopic (exact) mass is 263 g/mol. The van der Waals surface area contributed by atoms with Crippen molar-refractivity contribution in [3.05, 3.63) is 24.3 Å². The molecule has 0 saturated heterocycles. The van der Waals surface area contributed by atoms with Gasteiger partial charge in [0, 0.05) is 37.8 Å². The summed E-state index contributed by atoms with van der Waals surface area (Å²) in [5.41, 5.74) is 2.62. The van der Waals surface area contributed by atoms with Gasteiger partial charge in [0.2, 0.25) is 0 Å². The van der Waals surface area contributed by atoms with Gasteiger partial charge in [0.05, 0.1) is 0 Å². The summed E-state index contributed by atoms with van der Waals surface area (Å²) in [5.74, 6) is 1.12. The number of aliphatic imine (C=N–C) groups is 1. The average Bonchev–Trinajstić information content (AvgIpc) is 2.32. The number of rotatable bonds is 2. The maximum absolute atomic E-state index is 4.61. The van der Waals surface area contributed by atoms with Crippen LogP contribution in [0.5, 0.6) is 0 Å². The highest BCUT2D eigenvalue weighted by atomic mass is 32.2. The third kappa shape index (κ3) is 3.42. The van der Waals surface area contributed by atoms with E-state index in [0.717, 1.165) is 23.2 Å². The minimum absolute atomic E-state index is 0.321. The molecule has 1 aliphatic heterocycles. The van der Waals surface area contributed by atoms with Crippen molar-refractivity contribution in [1.29, 1.82) is 0 Å². The molecule has 0 radical (unpaired) electrons. The molecule has 0 bridgehead atoms. The molecule has 1 N–H and O–H groups in total. The van der Waals surface area contributed by atoms with Crippen LogP contribution < -0.4 is 10.2 Å². The van der Waals surface area contributed by atoms with Crippen LogP contribution in [0, 0.1) is 5.41 Å². The zero-order chi connectivity index (χ0) is 13.2. The Hall–Kier alpha value is -1.16. The lowest BCUT2D eigenvalue weighted by molar-refractivity contribution is 0.438. The second-order valence-electron chi connectivity index (χ2n) is 5.64. The number of amidine groups is 1. The summed E-state index contributed by atoms with van der Waals surface area (Å²) in [6.45, 7) is 5.41. The summed E-state index contributed by atoms with van der Waals surface area (Å²) in [5, 5.41) is 4.43. The van der Waals surface area contributed by atoms with Crippen LogP contribution in [0.25, 0.3) is 0 Å². The molecular weight excluding hydrogens is 242 g/mol. The van der Waals surface area contributed by atoms with Gasteiger partial charge in [-0.25, -0.2) is 0 Å². The Morgan fingerprint density at radius 3 is 2.72 bits per heavy atom. The van der Waals surface area contributed by atoms with Crippen LogP contribution in [0.4, 0.5) is 11.4 Å². The lowest BCUT2D eigenvalue weighted by Gasteiger charge is -2.27. The molecule has 0 aromatic heterocycles. The Labute approximate surface area is 114 Å². The minimum Gasteiger partial charge on any atom is -0.378 e. The van der Waals surface area contributed by atoms with Gasteiger partial charge in [0.15, 0.2) is 5.17 Å². The summed E-state index contributed by atoms with van der Waals surface area (Å²) in [6.07, 6.45) is 0. The summed E-state index contributed by atoms with van der Waals surface area (Å²) in [7, 11) is 4.10. The van der Waals surface area contributed by atoms with E-state index >= 15 is 0 Å². The molecule has 0 spiro atoms. The normalized spacial score (nSPS) is 18.1. The van der Waals surface area contributed by atoms with Crippen molar-refractivity contribution in [2.45, 2.75) is 13.8 Å². The van der Waals surface area contributed by atoms with E-state index in [-0.39, 0.29) is 0 Å². The van der Waals surface area contributed by atoms with Gasteiger partial charge in [-0.3, -0.25) is 4.99 Å². The lowest BCUT2D eigenvalue weighted by atomic mass is 9.97. The standard InChI is InChI=1S/C14H21N3S/c1-14(2)9-15-13(18-10-14)16-11-6-5-7-12(8-11)17(3)4/h5-8H,9-10H2,1-4H3,(H,15,16). The molecule has 0 unspecified atom stereocenters. The number of nitrogens with zero attached hydrogens (tertiary/aromatic N) is 2. The predicted molar refractivity (Wildman–Crippen MR) is 82.9 cm³/mol. The minimum atomic E-state index is 0.321. The molecule has 1 aromatic carbocycles. The van der Waals surface area contributed by atoms with E-state index in [1.165, 1.54) is 5.69 Å². The first-order valence-electron chi connectivity index (χ1n) is 6.18. The number of hydrogen-bond donors (Lipinski definition) is 1. The highest BCUT2D eigenvalue weighted by Crippen LogP contribution is 2.28. The zero-order valence-electron chi connectivity index (χ0n) is 11.5. The SMILES string of the molecule is CN(C)c1cccc(NC2=NCC(C)(C)CS2)c1. The fourth-order valence-electron chi connectivity index (χ4n) is 1.70. The molecule has 1 aliphatic rings. The van der Waals surface area contributed by atoms with Crippen molar-refractivity contribution in [1.82, 2.24) is 0 Å². The Morgan fingerprint density at radius 1 is 1.33 bits per heavy atom. The van der Waals surface area contributed by atoms with Crippen molar-refractivity contribution in [3.63, 3.8) is 0 Å². The number of anilines is 2. The van der Waals surface area contributed by atoms with E-state index in [1.807, 2.05) is 0 Å². The molecule has 98 valence electrons. The van der Waals surface area contributed by atoms with Gasteiger partial charge in [-0.2, -0.15) is 0 Å². The highest BCUT2D eigenvalue weighted by molar-refractivity contribution is 8.14. The zero-order valence-corrected chi connectivity index (χ0v) is 12.3. The first kappa shape index (κ1) is 13.3. The van der Waals surface area contributed by atoms with Crippen molar-refractivity contribution >= 4 is 28.3 Å². The molecule has 4 heteroatoms. The topological polar surface area (TPSA) is 27.6 Å². The van der Waals surface area contributed by atoms with Crippen LogP contribution in [0.3, 0.4) is 0 Å². The third-order valence-electron chi connectivity index (χ3n) is 2.86. The van der Waals surface area contributed by atoms with Crippen molar-refractivity contribution in [2.75, 3.05) is 36.6 Å². The largest absolute Gasteiger partial charge is 0.378 e. The number of benzene rings is 1. The Balaban J connectivity index is 2.06. The van der Waals surface area contributed by atoms with Gasteiger partial charge in [-0.05, 0) is 23.6 Å². The van der Waals surface area contributed by atoms with Gasteiger partial charge in [0.1, 0.15) is 0 Å². The second-order valence-corrected chi connectivity index (χ2v) is 6.61. The maximum atomic E-state index is 4.61. The van der Waals surface area contributed by atoms with Crippen LogP contribution in [-0.2, 0) is 0 Å². The molecule has 0 atom stereocenters. The lowest BCUT2D eigenvalue weighted by Crippen LogP contribution is -2.27. The van der Waals surface area contributed by atoms with Crippen LogP contribution >= 0.6 is 11.8 Å². The number of thioether (sulfide) groups is 1. The van der Waals surface area contributed by atoms with E-state index in [1.54, 1.807) is 11.8 Å². The summed E-state index contributed by atoms with van der Waals surface area (Å²) in [4.78, 5) is 6.71. The fourth-order valence-corrected chi connectivity index (χ4v) is 2.67. The van der Waals surface area contributed by atoms with Gasteiger partial charge in [-0.15, -0.1) is 0 Å². The maximum Gasteiger partial charge on any atom is 0.161 e. The van der Waals surface area contributed by atoms with Gasteiger partial charge in [-0.1, -0.05) is 31.7 Å². The molecule has 0 aliphatic carbocycles. The van der Waals surface area contributed by atoms with E-state index in [2.05, 4.69) is 67.4 Å². The van der Waals surface area contributed by atoms with Crippen LogP contribution in [0.1, 0.15) is 13.8 Å². The van der Waals surface area contributed by atoms with Crippen LogP contribution in [0.15, 0.2) is 29.3 Å². The molecule has 18 heavy (non-hydrogen) atoms. The Morgan fingerprint density at radius 2 is 2.11 bits per heavy atom. The highest BCUT2D eigenvalue weighted by Gasteiger charge is 2.23. The first-order chi connectivity index (χ1) is 8.46. The van der Waals surface area contributed by atoms with Gasteiger partial charge in [0.25, 0.3) is 0 Å². The first-order valence-corrected chi connectivity index (χ1v) is 7.16. The number of nitrogens with one attached hydrogen (secondary N) is 1. The van der Waals surface area contributed by atoms with Gasteiger partial charge < -0.3 is 10.2 Å². The number of hydrogen-bond acceptors (Lipinski definition) is 4. The molecule has 0 amide bonds. The summed E-state index contributed by atoms with van der Waals surface area (Å²) >= 11 is 1.80. The van der Waals surface area contributed by atoms with Crippen molar-refractivity contribution in [2.24, 2.45) is 10.4 Å². The van der Waals surface area contributed by atoms with Crippen molar-refractivity contribution < 1.29 is 0 Å². The van der Waals surface area contributed by atoms with Crippen LogP contribution in [-0.4, -0.2) is 31.6 Å². The predicted octanol–water partition coefficient (Wildman–Crippen LogP) is 3.29. The van der Waals surface area contributed by atoms with Crippen molar-refractivity contribution in [3.8, 4) is 0 Å². The molecule has 0 saturated carbocycles. The summed E-state index contributed by atoms with van der Waals surface area (Å²) in [6, 6.07) is 8.39. The Kier molecular flexibility index (Phi) is 3.85. The summed E-state index contributed by atoms with van der Waals surface area (Å²) < 4.78 is 0. The smallest absolute Gasteiger partial charge is 0.161 e. The average molecular weight is 263 g/mol. The fraction of sp³-hybridized carbons (Fsp3) is 0.500. The van der Waals surface area contributed by atoms with E-state index in [9.17, 15) is 0 Å². The van der Waals surface area contributed by atoms with Gasteiger partial charge >= 0.3 is 0 Å². The molecule has 1 heterocycles. The molecular formula is C14H21N3S.